The highest BCUT2D eigenvalue weighted by atomic mass is 32.1. The largest absolute Gasteiger partial charge is 0.353 e. The Labute approximate surface area is 106 Å². The van der Waals surface area contributed by atoms with Crippen LogP contribution in [0.15, 0.2) is 16.6 Å². The fourth-order valence-electron chi connectivity index (χ4n) is 1.63. The summed E-state index contributed by atoms with van der Waals surface area (Å²) in [5.41, 5.74) is 2.35. The van der Waals surface area contributed by atoms with Crippen LogP contribution < -0.4 is 4.52 Å². The normalized spacial score (nSPS) is 11.9. The summed E-state index contributed by atoms with van der Waals surface area (Å²) in [4.78, 5) is 0. The standard InChI is InChI=1S/C9H11N8S/c1-5-7(8-15-16(3)4-17(8)14-5)11-13-9-12-10-6(2)18-9/h4,14H,1-3H3/q+1. The van der Waals surface area contributed by atoms with Gasteiger partial charge in [0.2, 0.25) is 6.33 Å². The van der Waals surface area contributed by atoms with Crippen molar-refractivity contribution in [2.75, 3.05) is 0 Å². The second-order valence-electron chi connectivity index (χ2n) is 3.87. The van der Waals surface area contributed by atoms with Crippen LogP contribution in [-0.2, 0) is 7.05 Å². The molecule has 0 amide bonds. The smallest absolute Gasteiger partial charge is 0.246 e. The summed E-state index contributed by atoms with van der Waals surface area (Å²) in [7, 11) is 1.85. The Morgan fingerprint density at radius 2 is 2.17 bits per heavy atom. The topological polar surface area (TPSA) is 88.2 Å². The Kier molecular flexibility index (Phi) is 2.40. The first-order valence-electron chi connectivity index (χ1n) is 5.29. The zero-order valence-electron chi connectivity index (χ0n) is 10.1. The maximum absolute atomic E-state index is 4.31. The lowest BCUT2D eigenvalue weighted by molar-refractivity contribution is -0.578. The van der Waals surface area contributed by atoms with Gasteiger partial charge in [-0.2, -0.15) is 0 Å². The lowest BCUT2D eigenvalue weighted by atomic mass is 10.4. The van der Waals surface area contributed by atoms with Gasteiger partial charge in [-0.15, -0.1) is 29.6 Å². The minimum Gasteiger partial charge on any atom is -0.246 e. The van der Waals surface area contributed by atoms with Gasteiger partial charge in [-0.3, -0.25) is 0 Å². The number of hydrogen-bond donors (Lipinski definition) is 1. The molecule has 0 spiro atoms. The van der Waals surface area contributed by atoms with Crippen LogP contribution in [0, 0.1) is 13.8 Å². The van der Waals surface area contributed by atoms with Crippen LogP contribution in [0.25, 0.3) is 5.65 Å². The molecule has 18 heavy (non-hydrogen) atoms. The van der Waals surface area contributed by atoms with Crippen molar-refractivity contribution in [2.24, 2.45) is 17.3 Å². The van der Waals surface area contributed by atoms with Crippen molar-refractivity contribution in [3.05, 3.63) is 17.0 Å². The number of fused-ring (bicyclic) bond motifs is 1. The first kappa shape index (κ1) is 11.0. The molecule has 1 N–H and O–H groups in total. The molecule has 0 bridgehead atoms. The number of azo groups is 1. The van der Waals surface area contributed by atoms with Crippen LogP contribution in [0.4, 0.5) is 10.8 Å². The second-order valence-corrected chi connectivity index (χ2v) is 5.03. The van der Waals surface area contributed by atoms with Gasteiger partial charge >= 0.3 is 5.65 Å². The third-order valence-corrected chi connectivity index (χ3v) is 3.09. The molecule has 0 unspecified atom stereocenters. The molecule has 3 rings (SSSR count). The number of aryl methyl sites for hydroxylation is 3. The molecule has 0 atom stereocenters. The maximum atomic E-state index is 4.31. The van der Waals surface area contributed by atoms with Crippen molar-refractivity contribution in [2.45, 2.75) is 13.8 Å². The molecule has 8 nitrogen and oxygen atoms in total. The van der Waals surface area contributed by atoms with E-state index in [2.05, 4.69) is 30.6 Å². The molecule has 92 valence electrons. The van der Waals surface area contributed by atoms with E-state index < -0.39 is 0 Å². The van der Waals surface area contributed by atoms with E-state index >= 15 is 0 Å². The zero-order chi connectivity index (χ0) is 12.7. The molecule has 0 aromatic carbocycles. The molecular weight excluding hydrogens is 252 g/mol. The summed E-state index contributed by atoms with van der Waals surface area (Å²) >= 11 is 1.40. The number of hydrogen-bond acceptors (Lipinski definition) is 6. The highest BCUT2D eigenvalue weighted by molar-refractivity contribution is 7.14. The lowest BCUT2D eigenvalue weighted by Gasteiger charge is -1.83. The van der Waals surface area contributed by atoms with E-state index in [1.165, 1.54) is 11.3 Å². The zero-order valence-corrected chi connectivity index (χ0v) is 10.9. The Balaban J connectivity index is 2.03. The second kappa shape index (κ2) is 3.95. The van der Waals surface area contributed by atoms with Crippen LogP contribution in [0.3, 0.4) is 0 Å². The molecular formula is C9H11N8S+. The van der Waals surface area contributed by atoms with Gasteiger partial charge in [0.25, 0.3) is 5.13 Å². The Morgan fingerprint density at radius 1 is 1.33 bits per heavy atom. The first-order valence-corrected chi connectivity index (χ1v) is 6.10. The minimum atomic E-state index is 0.544. The number of nitrogens with zero attached hydrogens (tertiary/aromatic N) is 7. The summed E-state index contributed by atoms with van der Waals surface area (Å²) in [6.45, 7) is 3.80. The first-order chi connectivity index (χ1) is 8.63. The van der Waals surface area contributed by atoms with Crippen molar-refractivity contribution in [3.63, 3.8) is 0 Å². The van der Waals surface area contributed by atoms with Crippen LogP contribution in [0.2, 0.25) is 0 Å². The molecule has 0 aliphatic carbocycles. The van der Waals surface area contributed by atoms with Gasteiger partial charge in [0, 0.05) is 0 Å². The SMILES string of the molecule is Cc1nnc(N=Nc2c(C)[nH][n+]3cn(C)nc23)s1. The molecule has 0 saturated carbocycles. The van der Waals surface area contributed by atoms with Crippen molar-refractivity contribution in [3.8, 4) is 0 Å². The predicted octanol–water partition coefficient (Wildman–Crippen LogP) is 1.37. The Bertz CT molecular complexity index is 733. The molecule has 3 heterocycles. The summed E-state index contributed by atoms with van der Waals surface area (Å²) in [5, 5.41) is 24.9. The number of aromatic nitrogens is 6. The van der Waals surface area contributed by atoms with Crippen molar-refractivity contribution < 1.29 is 4.52 Å². The molecule has 3 aromatic heterocycles. The molecule has 9 heteroatoms. The average Bonchev–Trinajstić information content (AvgIpc) is 2.92. The van der Waals surface area contributed by atoms with Gasteiger partial charge in [-0.25, -0.2) is 5.10 Å². The highest BCUT2D eigenvalue weighted by Gasteiger charge is 2.18. The number of aromatic amines is 1. The molecule has 0 aliphatic heterocycles. The minimum absolute atomic E-state index is 0.544. The van der Waals surface area contributed by atoms with E-state index in [1.807, 2.05) is 27.2 Å². The van der Waals surface area contributed by atoms with E-state index in [0.29, 0.717) is 10.8 Å². The van der Waals surface area contributed by atoms with Crippen LogP contribution >= 0.6 is 11.3 Å². The lowest BCUT2D eigenvalue weighted by Crippen LogP contribution is -2.19. The number of H-pyrrole nitrogens is 1. The van der Waals surface area contributed by atoms with E-state index in [1.54, 1.807) is 9.20 Å². The Hall–Kier alpha value is -2.16. The molecule has 0 fully saturated rings. The quantitative estimate of drug-likeness (QED) is 0.559. The molecule has 0 radical (unpaired) electrons. The van der Waals surface area contributed by atoms with Crippen LogP contribution in [-0.4, -0.2) is 25.1 Å². The van der Waals surface area contributed by atoms with E-state index in [0.717, 1.165) is 16.3 Å². The summed E-state index contributed by atoms with van der Waals surface area (Å²) in [5.74, 6) is 0. The number of rotatable bonds is 2. The van der Waals surface area contributed by atoms with Crippen molar-refractivity contribution >= 4 is 27.8 Å². The molecule has 0 saturated heterocycles. The maximum Gasteiger partial charge on any atom is 0.353 e. The summed E-state index contributed by atoms with van der Waals surface area (Å²) < 4.78 is 3.51. The highest BCUT2D eigenvalue weighted by Crippen LogP contribution is 2.24. The van der Waals surface area contributed by atoms with Crippen molar-refractivity contribution in [1.29, 1.82) is 0 Å². The third kappa shape index (κ3) is 1.78. The van der Waals surface area contributed by atoms with Gasteiger partial charge in [-0.05, 0) is 13.8 Å². The summed E-state index contributed by atoms with van der Waals surface area (Å²) in [6, 6.07) is 0. The van der Waals surface area contributed by atoms with E-state index in [9.17, 15) is 0 Å². The van der Waals surface area contributed by atoms with E-state index in [4.69, 9.17) is 0 Å². The van der Waals surface area contributed by atoms with Crippen molar-refractivity contribution in [1.82, 2.24) is 25.1 Å². The predicted molar refractivity (Wildman–Crippen MR) is 64.3 cm³/mol. The van der Waals surface area contributed by atoms with Crippen LogP contribution in [0.5, 0.6) is 0 Å². The van der Waals surface area contributed by atoms with Gasteiger partial charge < -0.3 is 0 Å². The Morgan fingerprint density at radius 3 is 2.89 bits per heavy atom. The summed E-state index contributed by atoms with van der Waals surface area (Å²) in [6.07, 6.45) is 1.83. The van der Waals surface area contributed by atoms with Gasteiger partial charge in [0.1, 0.15) is 5.01 Å². The number of nitrogens with one attached hydrogen (secondary N) is 1. The van der Waals surface area contributed by atoms with Gasteiger partial charge in [0.05, 0.1) is 17.8 Å². The molecule has 0 aliphatic rings. The monoisotopic (exact) mass is 263 g/mol. The fraction of sp³-hybridized carbons (Fsp3) is 0.333. The molecule has 3 aromatic rings. The van der Waals surface area contributed by atoms with Gasteiger partial charge in [-0.1, -0.05) is 11.3 Å². The van der Waals surface area contributed by atoms with Crippen LogP contribution in [0.1, 0.15) is 10.7 Å². The third-order valence-electron chi connectivity index (χ3n) is 2.37. The average molecular weight is 263 g/mol. The van der Waals surface area contributed by atoms with E-state index in [-0.39, 0.29) is 0 Å². The van der Waals surface area contributed by atoms with Gasteiger partial charge in [0.15, 0.2) is 5.69 Å². The fourth-order valence-corrected chi connectivity index (χ4v) is 2.14.